The summed E-state index contributed by atoms with van der Waals surface area (Å²) in [4.78, 5) is 39.4. The standard InChI is InChI=1S/C29H39FN8O4/c1-17(2)13-24-35-27(37-42-24)20-15-33-29(34-16-20)38-11-8-19(9-12-38)5-4-10-32-21-6-7-22(23(30)14-21)28(41)36-25(18(3)39)26(31)40/h6-7,14-19,25,32,39H,4-5,8-13H2,1-3H3,(H2,31,40)(H,36,41)/t18-,25+/m1/s1. The number of aromatic nitrogens is 4. The Morgan fingerprint density at radius 2 is 1.90 bits per heavy atom. The second-order valence-electron chi connectivity index (χ2n) is 11.2. The third-order valence-corrected chi connectivity index (χ3v) is 7.25. The maximum absolute atomic E-state index is 14.6. The minimum atomic E-state index is -1.31. The highest BCUT2D eigenvalue weighted by atomic mass is 19.1. The van der Waals surface area contributed by atoms with E-state index in [2.05, 4.69) is 49.5 Å². The number of aliphatic hydroxyl groups is 1. The third kappa shape index (κ3) is 8.21. The molecule has 3 heterocycles. The number of anilines is 2. The van der Waals surface area contributed by atoms with Gasteiger partial charge in [-0.1, -0.05) is 19.0 Å². The van der Waals surface area contributed by atoms with Gasteiger partial charge in [0.05, 0.1) is 17.2 Å². The number of benzene rings is 1. The van der Waals surface area contributed by atoms with Crippen molar-refractivity contribution >= 4 is 23.5 Å². The van der Waals surface area contributed by atoms with E-state index in [1.807, 2.05) is 0 Å². The molecule has 5 N–H and O–H groups in total. The molecule has 0 aliphatic carbocycles. The maximum Gasteiger partial charge on any atom is 0.254 e. The molecular formula is C29H39FN8O4. The van der Waals surface area contributed by atoms with Gasteiger partial charge in [0.25, 0.3) is 5.91 Å². The van der Waals surface area contributed by atoms with Gasteiger partial charge in [0.15, 0.2) is 0 Å². The molecule has 0 bridgehead atoms. The van der Waals surface area contributed by atoms with Gasteiger partial charge in [-0.05, 0) is 62.6 Å². The van der Waals surface area contributed by atoms with E-state index in [1.54, 1.807) is 18.5 Å². The highest BCUT2D eigenvalue weighted by Gasteiger charge is 2.25. The number of carbonyl (C=O) groups is 2. The van der Waals surface area contributed by atoms with Crippen LogP contribution in [0.3, 0.4) is 0 Å². The molecule has 0 saturated carbocycles. The Hall–Kier alpha value is -4.13. The molecule has 3 aromatic rings. The Kier molecular flexibility index (Phi) is 10.4. The summed E-state index contributed by atoms with van der Waals surface area (Å²) in [6.07, 6.45) is 7.02. The second-order valence-corrected chi connectivity index (χ2v) is 11.2. The predicted molar refractivity (Wildman–Crippen MR) is 155 cm³/mol. The summed E-state index contributed by atoms with van der Waals surface area (Å²) in [6.45, 7) is 7.93. The van der Waals surface area contributed by atoms with Gasteiger partial charge in [0, 0.05) is 44.1 Å². The zero-order valence-electron chi connectivity index (χ0n) is 24.2. The van der Waals surface area contributed by atoms with Crippen LogP contribution in [0.2, 0.25) is 0 Å². The third-order valence-electron chi connectivity index (χ3n) is 7.25. The largest absolute Gasteiger partial charge is 0.391 e. The summed E-state index contributed by atoms with van der Waals surface area (Å²) in [5.41, 5.74) is 6.23. The molecule has 2 amide bonds. The Morgan fingerprint density at radius 1 is 1.19 bits per heavy atom. The van der Waals surface area contributed by atoms with E-state index >= 15 is 0 Å². The molecular weight excluding hydrogens is 543 g/mol. The number of amides is 2. The number of primary amides is 1. The smallest absolute Gasteiger partial charge is 0.254 e. The first kappa shape index (κ1) is 30.8. The van der Waals surface area contributed by atoms with E-state index in [1.165, 1.54) is 19.1 Å². The number of halogens is 1. The quantitative estimate of drug-likeness (QED) is 0.220. The van der Waals surface area contributed by atoms with Crippen molar-refractivity contribution in [3.63, 3.8) is 0 Å². The van der Waals surface area contributed by atoms with Crippen LogP contribution in [-0.4, -0.2) is 68.8 Å². The van der Waals surface area contributed by atoms with Crippen molar-refractivity contribution in [1.82, 2.24) is 25.4 Å². The van der Waals surface area contributed by atoms with E-state index in [9.17, 15) is 19.1 Å². The molecule has 0 spiro atoms. The summed E-state index contributed by atoms with van der Waals surface area (Å²) in [5, 5.41) is 19.1. The number of nitrogens with two attached hydrogens (primary N) is 1. The maximum atomic E-state index is 14.6. The molecule has 1 aliphatic heterocycles. The lowest BCUT2D eigenvalue weighted by Gasteiger charge is -2.32. The summed E-state index contributed by atoms with van der Waals surface area (Å²) in [7, 11) is 0. The first-order valence-corrected chi connectivity index (χ1v) is 14.3. The molecule has 0 radical (unpaired) electrons. The van der Waals surface area contributed by atoms with E-state index in [0.717, 1.165) is 50.8 Å². The number of piperidine rings is 1. The molecule has 4 rings (SSSR count). The van der Waals surface area contributed by atoms with Gasteiger partial charge in [0.2, 0.25) is 23.6 Å². The van der Waals surface area contributed by atoms with Gasteiger partial charge >= 0.3 is 0 Å². The van der Waals surface area contributed by atoms with Crippen LogP contribution in [0.1, 0.15) is 62.7 Å². The van der Waals surface area contributed by atoms with Crippen LogP contribution in [0.15, 0.2) is 35.1 Å². The van der Waals surface area contributed by atoms with Gasteiger partial charge in [0.1, 0.15) is 11.9 Å². The van der Waals surface area contributed by atoms with Crippen molar-refractivity contribution in [3.8, 4) is 11.4 Å². The van der Waals surface area contributed by atoms with Crippen LogP contribution in [0.5, 0.6) is 0 Å². The van der Waals surface area contributed by atoms with E-state index in [0.29, 0.717) is 41.7 Å². The van der Waals surface area contributed by atoms with E-state index < -0.39 is 29.8 Å². The molecule has 42 heavy (non-hydrogen) atoms. The summed E-state index contributed by atoms with van der Waals surface area (Å²) >= 11 is 0. The van der Waals surface area contributed by atoms with Gasteiger partial charge in [-0.15, -0.1) is 0 Å². The van der Waals surface area contributed by atoms with Gasteiger partial charge < -0.3 is 30.9 Å². The fourth-order valence-corrected chi connectivity index (χ4v) is 4.91. The topological polar surface area (TPSA) is 172 Å². The second kappa shape index (κ2) is 14.2. The number of hydrogen-bond donors (Lipinski definition) is 4. The number of hydrogen-bond acceptors (Lipinski definition) is 10. The SMILES string of the molecule is CC(C)Cc1nc(-c2cnc(N3CCC(CCCNc4ccc(C(=O)N[C@H](C(N)=O)[C@@H](C)O)c(F)c4)CC3)nc2)no1. The molecule has 2 atom stereocenters. The molecule has 2 aromatic heterocycles. The normalized spacial score (nSPS) is 15.4. The van der Waals surface area contributed by atoms with E-state index in [-0.39, 0.29) is 5.56 Å². The average Bonchev–Trinajstić information content (AvgIpc) is 3.42. The highest BCUT2D eigenvalue weighted by molar-refractivity contribution is 5.98. The van der Waals surface area contributed by atoms with Crippen LogP contribution in [0, 0.1) is 17.7 Å². The predicted octanol–water partition coefficient (Wildman–Crippen LogP) is 2.94. The monoisotopic (exact) mass is 582 g/mol. The number of carbonyl (C=O) groups excluding carboxylic acids is 2. The molecule has 0 unspecified atom stereocenters. The Bertz CT molecular complexity index is 1340. The Morgan fingerprint density at radius 3 is 2.52 bits per heavy atom. The van der Waals surface area contributed by atoms with Crippen LogP contribution in [0.4, 0.5) is 16.0 Å². The summed E-state index contributed by atoms with van der Waals surface area (Å²) in [5.74, 6) is 0.365. The number of nitrogens with one attached hydrogen (secondary N) is 2. The zero-order valence-corrected chi connectivity index (χ0v) is 24.2. The summed E-state index contributed by atoms with van der Waals surface area (Å²) < 4.78 is 19.9. The fourth-order valence-electron chi connectivity index (χ4n) is 4.91. The molecule has 1 aromatic carbocycles. The first-order valence-electron chi connectivity index (χ1n) is 14.3. The number of aliphatic hydroxyl groups excluding tert-OH is 1. The number of rotatable bonds is 13. The zero-order chi connectivity index (χ0) is 30.2. The lowest BCUT2D eigenvalue weighted by molar-refractivity contribution is -0.122. The summed E-state index contributed by atoms with van der Waals surface area (Å²) in [6, 6.07) is 2.88. The van der Waals surface area contributed by atoms with Gasteiger partial charge in [-0.25, -0.2) is 14.4 Å². The highest BCUT2D eigenvalue weighted by Crippen LogP contribution is 2.25. The molecule has 1 saturated heterocycles. The molecule has 13 heteroatoms. The lowest BCUT2D eigenvalue weighted by atomic mass is 9.92. The van der Waals surface area contributed by atoms with E-state index in [4.69, 9.17) is 10.3 Å². The van der Waals surface area contributed by atoms with Crippen molar-refractivity contribution in [2.75, 3.05) is 29.9 Å². The fraction of sp³-hybridized carbons (Fsp3) is 0.517. The van der Waals surface area contributed by atoms with Crippen molar-refractivity contribution in [1.29, 1.82) is 0 Å². The Labute approximate surface area is 244 Å². The van der Waals surface area contributed by atoms with Crippen molar-refractivity contribution in [2.45, 2.75) is 65.0 Å². The lowest BCUT2D eigenvalue weighted by Crippen LogP contribution is -2.50. The van der Waals surface area contributed by atoms with Gasteiger partial charge in [-0.2, -0.15) is 4.98 Å². The molecule has 1 aliphatic rings. The van der Waals surface area contributed by atoms with Crippen LogP contribution >= 0.6 is 0 Å². The minimum Gasteiger partial charge on any atom is -0.391 e. The van der Waals surface area contributed by atoms with Crippen molar-refractivity contribution in [2.24, 2.45) is 17.6 Å². The molecule has 226 valence electrons. The van der Waals surface area contributed by atoms with Crippen molar-refractivity contribution in [3.05, 3.63) is 47.9 Å². The van der Waals surface area contributed by atoms with Crippen LogP contribution < -0.4 is 21.3 Å². The van der Waals surface area contributed by atoms with Crippen molar-refractivity contribution < 1.29 is 23.6 Å². The number of nitrogens with zero attached hydrogens (tertiary/aromatic N) is 5. The van der Waals surface area contributed by atoms with Crippen LogP contribution in [0.25, 0.3) is 11.4 Å². The first-order chi connectivity index (χ1) is 20.1. The average molecular weight is 583 g/mol. The van der Waals surface area contributed by atoms with Gasteiger partial charge in [-0.3, -0.25) is 9.59 Å². The van der Waals surface area contributed by atoms with Crippen LogP contribution in [-0.2, 0) is 11.2 Å². The molecule has 1 fully saturated rings. The molecule has 12 nitrogen and oxygen atoms in total. The Balaban J connectivity index is 1.18. The minimum absolute atomic E-state index is 0.233.